The van der Waals surface area contributed by atoms with Gasteiger partial charge in [0.25, 0.3) is 0 Å². The molecule has 0 saturated carbocycles. The number of fused-ring (bicyclic) bond motifs is 1. The Balaban J connectivity index is 1.52. The zero-order chi connectivity index (χ0) is 21.8. The highest BCUT2D eigenvalue weighted by atomic mass is 32.1. The molecule has 0 fully saturated rings. The third-order valence-electron chi connectivity index (χ3n) is 5.44. The molecular weight excluding hydrogens is 410 g/mol. The number of thiophene rings is 1. The van der Waals surface area contributed by atoms with Gasteiger partial charge in [-0.05, 0) is 75.4 Å². The Morgan fingerprint density at radius 3 is 2.71 bits per heavy atom. The minimum Gasteiger partial charge on any atom is -0.462 e. The van der Waals surface area contributed by atoms with Crippen LogP contribution in [0.5, 0.6) is 0 Å². The number of aromatic nitrogens is 1. The summed E-state index contributed by atoms with van der Waals surface area (Å²) in [6, 6.07) is 10.4. The molecule has 1 aliphatic carbocycles. The van der Waals surface area contributed by atoms with Gasteiger partial charge in [0.1, 0.15) is 5.00 Å². The monoisotopic (exact) mass is 437 g/mol. The maximum Gasteiger partial charge on any atom is 0.338 e. The van der Waals surface area contributed by atoms with E-state index < -0.39 is 5.97 Å². The van der Waals surface area contributed by atoms with Gasteiger partial charge in [0.05, 0.1) is 18.2 Å². The molecule has 2 heterocycles. The van der Waals surface area contributed by atoms with Crippen LogP contribution < -0.4 is 10.6 Å². The van der Waals surface area contributed by atoms with Gasteiger partial charge in [-0.15, -0.1) is 11.3 Å². The van der Waals surface area contributed by atoms with Gasteiger partial charge < -0.3 is 19.9 Å². The number of ether oxygens (including phenoxy) is 1. The fourth-order valence-electron chi connectivity index (χ4n) is 4.06. The van der Waals surface area contributed by atoms with Crippen molar-refractivity contribution in [2.45, 2.75) is 45.6 Å². The fourth-order valence-corrected chi connectivity index (χ4v) is 5.51. The molecule has 6 nitrogen and oxygen atoms in total. The largest absolute Gasteiger partial charge is 0.462 e. The van der Waals surface area contributed by atoms with Crippen LogP contribution >= 0.6 is 11.3 Å². The first kappa shape index (κ1) is 21.2. The molecule has 0 saturated heterocycles. The van der Waals surface area contributed by atoms with E-state index in [0.29, 0.717) is 17.9 Å². The third-order valence-corrected chi connectivity index (χ3v) is 6.76. The van der Waals surface area contributed by atoms with E-state index >= 15 is 0 Å². The summed E-state index contributed by atoms with van der Waals surface area (Å²) in [7, 11) is 0. The highest BCUT2D eigenvalue weighted by Gasteiger charge is 2.26. The Labute approximate surface area is 186 Å². The summed E-state index contributed by atoms with van der Waals surface area (Å²) in [6.07, 6.45) is 8.66. The first-order valence-corrected chi connectivity index (χ1v) is 11.5. The fraction of sp³-hybridized carbons (Fsp3) is 0.333. The second kappa shape index (κ2) is 9.39. The van der Waals surface area contributed by atoms with E-state index in [1.54, 1.807) is 31.2 Å². The number of hydrogen-bond acceptors (Lipinski definition) is 4. The molecule has 0 spiro atoms. The Hall–Kier alpha value is -3.06. The quantitative estimate of drug-likeness (QED) is 0.502. The maximum absolute atomic E-state index is 12.7. The summed E-state index contributed by atoms with van der Waals surface area (Å²) >= 11 is 1.83. The van der Waals surface area contributed by atoms with Crippen molar-refractivity contribution < 1.29 is 14.3 Å². The number of benzene rings is 1. The molecule has 4 rings (SSSR count). The molecule has 2 N–H and O–H groups in total. The molecule has 2 amide bonds. The number of nitrogens with zero attached hydrogens (tertiary/aromatic N) is 1. The summed E-state index contributed by atoms with van der Waals surface area (Å²) in [5.41, 5.74) is 3.55. The average Bonchev–Trinajstić information content (AvgIpc) is 3.41. The maximum atomic E-state index is 12.7. The molecule has 3 aromatic rings. The molecule has 0 bridgehead atoms. The summed E-state index contributed by atoms with van der Waals surface area (Å²) in [6.45, 7) is 4.10. The zero-order valence-electron chi connectivity index (χ0n) is 17.8. The van der Waals surface area contributed by atoms with Crippen molar-refractivity contribution in [3.63, 3.8) is 0 Å². The number of rotatable bonds is 6. The minimum absolute atomic E-state index is 0.149. The molecule has 0 aliphatic heterocycles. The van der Waals surface area contributed by atoms with E-state index in [0.717, 1.165) is 12.8 Å². The molecule has 1 aliphatic rings. The van der Waals surface area contributed by atoms with Crippen molar-refractivity contribution >= 4 is 29.0 Å². The smallest absolute Gasteiger partial charge is 0.338 e. The standard InChI is InChI=1S/C24H27N3O3S/c1-3-30-23(28)17-9-8-10-18(15-17)26-24(29)25-16(2)21-19-11-4-5-12-20(19)31-22(21)27-13-6-7-14-27/h6-10,13-16H,3-5,11-12H2,1-2H3,(H2,25,26,29). The number of carbonyl (C=O) groups is 2. The summed E-state index contributed by atoms with van der Waals surface area (Å²) in [5, 5.41) is 7.10. The van der Waals surface area contributed by atoms with Crippen LogP contribution in [0.2, 0.25) is 0 Å². The molecular formula is C24H27N3O3S. The Kier molecular flexibility index (Phi) is 6.42. The number of hydrogen-bond donors (Lipinski definition) is 2. The highest BCUT2D eigenvalue weighted by molar-refractivity contribution is 7.15. The molecule has 1 atom stereocenters. The SMILES string of the molecule is CCOC(=O)c1cccc(NC(=O)NC(C)c2c(-n3cccc3)sc3c2CCCC3)c1. The Bertz CT molecular complexity index is 1070. The van der Waals surface area contributed by atoms with E-state index in [-0.39, 0.29) is 12.1 Å². The third kappa shape index (κ3) is 4.66. The van der Waals surface area contributed by atoms with Crippen LogP contribution in [0.3, 0.4) is 0 Å². The summed E-state index contributed by atoms with van der Waals surface area (Å²) in [4.78, 5) is 26.1. The van der Waals surface area contributed by atoms with Crippen LogP contribution in [0.4, 0.5) is 10.5 Å². The molecule has 0 radical (unpaired) electrons. The number of esters is 1. The number of nitrogens with one attached hydrogen (secondary N) is 2. The number of anilines is 1. The topological polar surface area (TPSA) is 72.4 Å². The number of carbonyl (C=O) groups excluding carboxylic acids is 2. The van der Waals surface area contributed by atoms with Crippen LogP contribution in [-0.2, 0) is 17.6 Å². The molecule has 31 heavy (non-hydrogen) atoms. The normalized spacial score (nSPS) is 13.9. The summed E-state index contributed by atoms with van der Waals surface area (Å²) in [5.74, 6) is -0.402. The minimum atomic E-state index is -0.402. The lowest BCUT2D eigenvalue weighted by atomic mass is 9.93. The molecule has 1 unspecified atom stereocenters. The van der Waals surface area contributed by atoms with Crippen molar-refractivity contribution in [3.05, 3.63) is 70.4 Å². The first-order chi connectivity index (χ1) is 15.1. The Morgan fingerprint density at radius 1 is 1.16 bits per heavy atom. The molecule has 162 valence electrons. The second-order valence-corrected chi connectivity index (χ2v) is 8.73. The predicted octanol–water partition coefficient (Wildman–Crippen LogP) is 5.48. The Morgan fingerprint density at radius 2 is 1.94 bits per heavy atom. The van der Waals surface area contributed by atoms with Crippen molar-refractivity contribution in [2.75, 3.05) is 11.9 Å². The van der Waals surface area contributed by atoms with Crippen molar-refractivity contribution in [1.29, 1.82) is 0 Å². The van der Waals surface area contributed by atoms with Crippen molar-refractivity contribution in [1.82, 2.24) is 9.88 Å². The lowest BCUT2D eigenvalue weighted by molar-refractivity contribution is 0.0526. The first-order valence-electron chi connectivity index (χ1n) is 10.7. The lowest BCUT2D eigenvalue weighted by Crippen LogP contribution is -2.32. The molecule has 1 aromatic carbocycles. The average molecular weight is 438 g/mol. The van der Waals surface area contributed by atoms with Gasteiger partial charge in [-0.1, -0.05) is 6.07 Å². The molecule has 7 heteroatoms. The van der Waals surface area contributed by atoms with Crippen LogP contribution in [-0.4, -0.2) is 23.2 Å². The van der Waals surface area contributed by atoms with Gasteiger partial charge in [-0.2, -0.15) is 0 Å². The van der Waals surface area contributed by atoms with Crippen molar-refractivity contribution in [2.24, 2.45) is 0 Å². The van der Waals surface area contributed by atoms with E-state index in [1.165, 1.54) is 33.8 Å². The lowest BCUT2D eigenvalue weighted by Gasteiger charge is -2.20. The predicted molar refractivity (Wildman–Crippen MR) is 123 cm³/mol. The summed E-state index contributed by atoms with van der Waals surface area (Å²) < 4.78 is 7.17. The van der Waals surface area contributed by atoms with E-state index in [2.05, 4.69) is 27.6 Å². The molecule has 2 aromatic heterocycles. The van der Waals surface area contributed by atoms with Crippen LogP contribution in [0.25, 0.3) is 5.00 Å². The van der Waals surface area contributed by atoms with Crippen molar-refractivity contribution in [3.8, 4) is 5.00 Å². The van der Waals surface area contributed by atoms with E-state index in [9.17, 15) is 9.59 Å². The van der Waals surface area contributed by atoms with E-state index in [4.69, 9.17) is 4.74 Å². The number of aryl methyl sites for hydroxylation is 1. The van der Waals surface area contributed by atoms with E-state index in [1.807, 2.05) is 30.4 Å². The van der Waals surface area contributed by atoms with Gasteiger partial charge in [0, 0.05) is 28.5 Å². The number of urea groups is 1. The van der Waals surface area contributed by atoms with Crippen LogP contribution in [0.1, 0.15) is 59.1 Å². The van der Waals surface area contributed by atoms with Gasteiger partial charge in [0.2, 0.25) is 0 Å². The zero-order valence-corrected chi connectivity index (χ0v) is 18.6. The van der Waals surface area contributed by atoms with Gasteiger partial charge in [0.15, 0.2) is 0 Å². The van der Waals surface area contributed by atoms with Crippen LogP contribution in [0.15, 0.2) is 48.8 Å². The number of amides is 2. The highest BCUT2D eigenvalue weighted by Crippen LogP contribution is 2.40. The van der Waals surface area contributed by atoms with Gasteiger partial charge >= 0.3 is 12.0 Å². The second-order valence-electron chi connectivity index (χ2n) is 7.64. The van der Waals surface area contributed by atoms with Gasteiger partial charge in [-0.3, -0.25) is 0 Å². The van der Waals surface area contributed by atoms with Crippen LogP contribution in [0, 0.1) is 0 Å². The van der Waals surface area contributed by atoms with Gasteiger partial charge in [-0.25, -0.2) is 9.59 Å².